The second kappa shape index (κ2) is 12.4. The maximum absolute atomic E-state index is 13.6. The molecule has 1 aliphatic heterocycles. The first-order valence-electron chi connectivity index (χ1n) is 10.6. The molecule has 4 rings (SSSR count). The summed E-state index contributed by atoms with van der Waals surface area (Å²) in [5.41, 5.74) is 2.75. The fraction of sp³-hybridized carbons (Fsp3) is 0.200. The minimum Gasteiger partial charge on any atom is -0.545 e. The number of hydrogen-bond acceptors (Lipinski definition) is 8. The fourth-order valence-corrected chi connectivity index (χ4v) is 4.48. The molecule has 0 fully saturated rings. The van der Waals surface area contributed by atoms with Crippen molar-refractivity contribution >= 4 is 39.7 Å². The maximum atomic E-state index is 13.6. The van der Waals surface area contributed by atoms with E-state index in [1.54, 1.807) is 17.5 Å². The standard InChI is InChI=1S/C25H21FN2O6S.Na/c1-33-21-8-15(4-7-18(21)26)10-27-23(30)19-9-20(29)22-17(13-35-24(22)28-19)12-34-11-14-2-5-16(6-3-14)25(31)32;/h2-8,13H,9-12H2,1H3,(H,27,30)(H,31,32);/q;+1/p-1. The van der Waals surface area contributed by atoms with Crippen LogP contribution in [0.25, 0.3) is 0 Å². The molecule has 1 aromatic heterocycles. The predicted octanol–water partition coefficient (Wildman–Crippen LogP) is -0.0446. The first-order chi connectivity index (χ1) is 16.9. The van der Waals surface area contributed by atoms with Gasteiger partial charge in [0.15, 0.2) is 17.3 Å². The Morgan fingerprint density at radius 3 is 2.56 bits per heavy atom. The average molecular weight is 518 g/mol. The number of aliphatic imine (C=N–C) groups is 1. The van der Waals surface area contributed by atoms with Crippen LogP contribution in [0.15, 0.2) is 52.8 Å². The second-order valence-electron chi connectivity index (χ2n) is 7.73. The van der Waals surface area contributed by atoms with Gasteiger partial charge >= 0.3 is 29.6 Å². The Labute approximate surface area is 232 Å². The van der Waals surface area contributed by atoms with E-state index in [0.717, 1.165) is 5.56 Å². The summed E-state index contributed by atoms with van der Waals surface area (Å²) in [6.45, 7) is 0.531. The number of methoxy groups -OCH3 is 1. The molecule has 36 heavy (non-hydrogen) atoms. The van der Waals surface area contributed by atoms with Gasteiger partial charge in [0.25, 0.3) is 5.91 Å². The molecular weight excluding hydrogens is 498 g/mol. The molecule has 3 aromatic rings. The SMILES string of the molecule is COc1cc(CNC(=O)C2=Nc3scc(COCc4ccc(C(=O)[O-])cc4)c3C(=O)C2)ccc1F.[Na+]. The van der Waals surface area contributed by atoms with Crippen LogP contribution < -0.4 is 44.7 Å². The number of hydrogen-bond donors (Lipinski definition) is 1. The summed E-state index contributed by atoms with van der Waals surface area (Å²) >= 11 is 1.25. The molecule has 1 amide bonds. The van der Waals surface area contributed by atoms with E-state index in [2.05, 4.69) is 10.3 Å². The van der Waals surface area contributed by atoms with Gasteiger partial charge in [-0.3, -0.25) is 9.59 Å². The summed E-state index contributed by atoms with van der Waals surface area (Å²) in [6.07, 6.45) is -0.139. The van der Waals surface area contributed by atoms with Gasteiger partial charge in [-0.2, -0.15) is 0 Å². The molecule has 8 nitrogen and oxygen atoms in total. The Bertz CT molecular complexity index is 1320. The largest absolute Gasteiger partial charge is 1.00 e. The van der Waals surface area contributed by atoms with Crippen LogP contribution in [-0.4, -0.2) is 30.5 Å². The smallest absolute Gasteiger partial charge is 0.545 e. The van der Waals surface area contributed by atoms with E-state index in [0.29, 0.717) is 21.7 Å². The van der Waals surface area contributed by atoms with E-state index in [1.165, 1.54) is 48.8 Å². The summed E-state index contributed by atoms with van der Waals surface area (Å²) < 4.78 is 24.2. The minimum absolute atomic E-state index is 0. The summed E-state index contributed by atoms with van der Waals surface area (Å²) in [4.78, 5) is 40.6. The topological polar surface area (TPSA) is 117 Å². The third-order valence-corrected chi connectivity index (χ3v) is 6.26. The minimum atomic E-state index is -1.25. The molecule has 0 saturated heterocycles. The number of nitrogens with zero attached hydrogens (tertiary/aromatic N) is 1. The monoisotopic (exact) mass is 518 g/mol. The number of fused-ring (bicyclic) bond motifs is 1. The molecule has 0 aliphatic carbocycles. The van der Waals surface area contributed by atoms with Gasteiger partial charge < -0.3 is 24.7 Å². The third kappa shape index (κ3) is 6.45. The van der Waals surface area contributed by atoms with Crippen LogP contribution in [0.4, 0.5) is 9.39 Å². The van der Waals surface area contributed by atoms with E-state index in [-0.39, 0.29) is 78.5 Å². The quantitative estimate of drug-likeness (QED) is 0.397. The first-order valence-corrected chi connectivity index (χ1v) is 11.4. The number of benzene rings is 2. The zero-order chi connectivity index (χ0) is 24.9. The molecule has 1 N–H and O–H groups in total. The number of halogens is 1. The van der Waals surface area contributed by atoms with Crippen molar-refractivity contribution in [2.45, 2.75) is 26.2 Å². The Balaban J connectivity index is 0.00000361. The predicted molar refractivity (Wildman–Crippen MR) is 124 cm³/mol. The second-order valence-corrected chi connectivity index (χ2v) is 8.59. The normalized spacial score (nSPS) is 12.3. The number of carbonyl (C=O) groups excluding carboxylic acids is 3. The van der Waals surface area contributed by atoms with Crippen molar-refractivity contribution in [1.29, 1.82) is 0 Å². The number of ether oxygens (including phenoxy) is 2. The molecule has 0 saturated carbocycles. The van der Waals surface area contributed by atoms with Crippen LogP contribution in [0, 0.1) is 5.82 Å². The molecule has 0 spiro atoms. The number of thiophene rings is 1. The Morgan fingerprint density at radius 2 is 1.86 bits per heavy atom. The third-order valence-electron chi connectivity index (χ3n) is 5.34. The summed E-state index contributed by atoms with van der Waals surface area (Å²) in [7, 11) is 1.36. The van der Waals surface area contributed by atoms with Crippen LogP contribution >= 0.6 is 11.3 Å². The van der Waals surface area contributed by atoms with Gasteiger partial charge in [-0.05, 0) is 34.2 Å². The van der Waals surface area contributed by atoms with E-state index < -0.39 is 17.7 Å². The fourth-order valence-electron chi connectivity index (χ4n) is 3.52. The summed E-state index contributed by atoms with van der Waals surface area (Å²) in [6, 6.07) is 10.4. The van der Waals surface area contributed by atoms with Crippen molar-refractivity contribution in [1.82, 2.24) is 5.32 Å². The molecule has 0 radical (unpaired) electrons. The maximum Gasteiger partial charge on any atom is 1.00 e. The number of ketones is 1. The van der Waals surface area contributed by atoms with E-state index in [4.69, 9.17) is 9.47 Å². The molecule has 2 heterocycles. The Morgan fingerprint density at radius 1 is 1.14 bits per heavy atom. The van der Waals surface area contributed by atoms with Gasteiger partial charge in [-0.25, -0.2) is 9.38 Å². The number of aromatic carboxylic acids is 1. The van der Waals surface area contributed by atoms with E-state index in [1.807, 2.05) is 0 Å². The van der Waals surface area contributed by atoms with Crippen molar-refractivity contribution in [3.05, 3.63) is 81.5 Å². The van der Waals surface area contributed by atoms with Gasteiger partial charge in [0.05, 0.1) is 38.3 Å². The van der Waals surface area contributed by atoms with E-state index >= 15 is 0 Å². The number of nitrogens with one attached hydrogen (secondary N) is 1. The first kappa shape index (κ1) is 27.7. The summed E-state index contributed by atoms with van der Waals surface area (Å²) in [5, 5.41) is 15.8. The van der Waals surface area contributed by atoms with E-state index in [9.17, 15) is 23.9 Å². The van der Waals surface area contributed by atoms with Gasteiger partial charge in [-0.1, -0.05) is 30.3 Å². The molecule has 0 unspecified atom stereocenters. The molecule has 1 aliphatic rings. The molecule has 2 aromatic carbocycles. The van der Waals surface area contributed by atoms with Gasteiger partial charge in [0, 0.05) is 12.1 Å². The zero-order valence-corrected chi connectivity index (χ0v) is 22.4. The van der Waals surface area contributed by atoms with Crippen LogP contribution in [0.1, 0.15) is 43.8 Å². The Hall–Kier alpha value is -2.89. The number of Topliss-reactive ketones (excluding diaryl/α,β-unsaturated/α-hetero) is 1. The van der Waals surface area contributed by atoms with Crippen LogP contribution in [0.3, 0.4) is 0 Å². The van der Waals surface area contributed by atoms with Crippen molar-refractivity contribution in [3.63, 3.8) is 0 Å². The van der Waals surface area contributed by atoms with Crippen molar-refractivity contribution in [2.75, 3.05) is 7.11 Å². The summed E-state index contributed by atoms with van der Waals surface area (Å²) in [5.74, 6) is -2.36. The number of rotatable bonds is 9. The Kier molecular flexibility index (Phi) is 9.52. The molecular formula is C25H20FN2NaO6S. The number of amides is 1. The number of carboxylic acid groups (broad SMARTS) is 1. The molecule has 0 atom stereocenters. The van der Waals surface area contributed by atoms with Crippen LogP contribution in [0.5, 0.6) is 5.75 Å². The number of carbonyl (C=O) groups is 3. The van der Waals surface area contributed by atoms with Gasteiger partial charge in [0.1, 0.15) is 10.7 Å². The van der Waals surface area contributed by atoms with Crippen molar-refractivity contribution in [3.8, 4) is 5.75 Å². The van der Waals surface area contributed by atoms with Gasteiger partial charge in [-0.15, -0.1) is 11.3 Å². The molecule has 180 valence electrons. The zero-order valence-electron chi connectivity index (χ0n) is 19.6. The average Bonchev–Trinajstić information content (AvgIpc) is 3.27. The molecule has 11 heteroatoms. The molecule has 0 bridgehead atoms. The van der Waals surface area contributed by atoms with Crippen LogP contribution in [0.2, 0.25) is 0 Å². The van der Waals surface area contributed by atoms with Crippen LogP contribution in [-0.2, 0) is 29.3 Å². The number of carboxylic acids is 1. The van der Waals surface area contributed by atoms with Gasteiger partial charge in [0.2, 0.25) is 0 Å². The van der Waals surface area contributed by atoms with Crippen molar-refractivity contribution in [2.24, 2.45) is 4.99 Å². The van der Waals surface area contributed by atoms with Crippen molar-refractivity contribution < 1.29 is 62.9 Å².